The van der Waals surface area contributed by atoms with Crippen molar-refractivity contribution in [1.82, 2.24) is 4.90 Å². The van der Waals surface area contributed by atoms with Crippen LogP contribution in [-0.4, -0.2) is 17.9 Å². The molecule has 0 N–H and O–H groups in total. The zero-order valence-electron chi connectivity index (χ0n) is 13.9. The Balaban J connectivity index is 1.72. The average Bonchev–Trinajstić information content (AvgIpc) is 2.96. The molecule has 2 aromatic carbocycles. The summed E-state index contributed by atoms with van der Waals surface area (Å²) < 4.78 is 5.62. The van der Waals surface area contributed by atoms with E-state index in [0.717, 1.165) is 28.5 Å². The minimum Gasteiger partial charge on any atom is -0.464 e. The molecule has 3 rings (SSSR count). The maximum Gasteiger partial charge on any atom is 0.227 e. The van der Waals surface area contributed by atoms with Crippen LogP contribution in [-0.2, 0) is 24.2 Å². The molecule has 4 heteroatoms. The van der Waals surface area contributed by atoms with Crippen LogP contribution in [0.1, 0.15) is 23.6 Å². The van der Waals surface area contributed by atoms with Crippen molar-refractivity contribution in [3.8, 4) is 0 Å². The minimum atomic E-state index is 0.0530. The van der Waals surface area contributed by atoms with Crippen LogP contribution < -0.4 is 0 Å². The number of carbonyl (C=O) groups is 1. The molecule has 0 aliphatic carbocycles. The van der Waals surface area contributed by atoms with Gasteiger partial charge in [-0.2, -0.15) is 0 Å². The molecule has 1 amide bonds. The highest BCUT2D eigenvalue weighted by atomic mass is 35.5. The standard InChI is InChI=1S/C20H20ClNO2/c1-3-14-7-8-18-16(13-24-19(18)10-14)11-20(23)22(2)12-15-5-4-6-17(21)9-15/h4-10,13H,3,11-12H2,1-2H3. The minimum absolute atomic E-state index is 0.0530. The van der Waals surface area contributed by atoms with E-state index >= 15 is 0 Å². The highest BCUT2D eigenvalue weighted by Crippen LogP contribution is 2.24. The monoisotopic (exact) mass is 341 g/mol. The molecule has 0 atom stereocenters. The lowest BCUT2D eigenvalue weighted by atomic mass is 10.1. The summed E-state index contributed by atoms with van der Waals surface area (Å²) in [5, 5.41) is 1.69. The Hall–Kier alpha value is -2.26. The van der Waals surface area contributed by atoms with E-state index in [1.54, 1.807) is 18.2 Å². The molecule has 0 bridgehead atoms. The maximum absolute atomic E-state index is 12.5. The largest absolute Gasteiger partial charge is 0.464 e. The number of benzene rings is 2. The molecule has 0 aliphatic rings. The lowest BCUT2D eigenvalue weighted by molar-refractivity contribution is -0.129. The van der Waals surface area contributed by atoms with Gasteiger partial charge >= 0.3 is 0 Å². The average molecular weight is 342 g/mol. The zero-order valence-corrected chi connectivity index (χ0v) is 14.6. The third kappa shape index (κ3) is 3.62. The number of nitrogens with zero attached hydrogens (tertiary/aromatic N) is 1. The Morgan fingerprint density at radius 1 is 1.17 bits per heavy atom. The molecule has 24 heavy (non-hydrogen) atoms. The first-order valence-corrected chi connectivity index (χ1v) is 8.42. The van der Waals surface area contributed by atoms with E-state index in [9.17, 15) is 4.79 Å². The molecule has 0 aliphatic heterocycles. The number of hydrogen-bond acceptors (Lipinski definition) is 2. The van der Waals surface area contributed by atoms with Crippen molar-refractivity contribution in [2.24, 2.45) is 0 Å². The van der Waals surface area contributed by atoms with Crippen LogP contribution in [0.5, 0.6) is 0 Å². The van der Waals surface area contributed by atoms with Crippen molar-refractivity contribution in [2.45, 2.75) is 26.3 Å². The fourth-order valence-electron chi connectivity index (χ4n) is 2.78. The molecule has 0 spiro atoms. The number of hydrogen-bond donors (Lipinski definition) is 0. The smallest absolute Gasteiger partial charge is 0.227 e. The molecule has 0 saturated carbocycles. The SMILES string of the molecule is CCc1ccc2c(CC(=O)N(C)Cc3cccc(Cl)c3)coc2c1. The number of rotatable bonds is 5. The van der Waals surface area contributed by atoms with E-state index in [1.165, 1.54) is 5.56 Å². The molecule has 3 aromatic rings. The first-order valence-electron chi connectivity index (χ1n) is 8.04. The highest BCUT2D eigenvalue weighted by Gasteiger charge is 2.14. The van der Waals surface area contributed by atoms with Gasteiger partial charge in [0.1, 0.15) is 5.58 Å². The molecular weight excluding hydrogens is 322 g/mol. The Kier molecular flexibility index (Phi) is 4.91. The van der Waals surface area contributed by atoms with Gasteiger partial charge < -0.3 is 9.32 Å². The van der Waals surface area contributed by atoms with Crippen LogP contribution in [0, 0.1) is 0 Å². The summed E-state index contributed by atoms with van der Waals surface area (Å²) in [7, 11) is 1.81. The number of amides is 1. The zero-order chi connectivity index (χ0) is 17.1. The van der Waals surface area contributed by atoms with E-state index in [4.69, 9.17) is 16.0 Å². The Labute approximate surface area is 146 Å². The summed E-state index contributed by atoms with van der Waals surface area (Å²) in [6, 6.07) is 13.7. The topological polar surface area (TPSA) is 33.5 Å². The molecule has 1 heterocycles. The highest BCUT2D eigenvalue weighted by molar-refractivity contribution is 6.30. The molecular formula is C20H20ClNO2. The van der Waals surface area contributed by atoms with Gasteiger partial charge in [-0.1, -0.05) is 42.8 Å². The number of halogens is 1. The Morgan fingerprint density at radius 2 is 2.00 bits per heavy atom. The number of fused-ring (bicyclic) bond motifs is 1. The number of aryl methyl sites for hydroxylation is 1. The van der Waals surface area contributed by atoms with Crippen molar-refractivity contribution < 1.29 is 9.21 Å². The summed E-state index contributed by atoms with van der Waals surface area (Å²) in [5.41, 5.74) is 4.01. The Morgan fingerprint density at radius 3 is 2.75 bits per heavy atom. The fraction of sp³-hybridized carbons (Fsp3) is 0.250. The first kappa shape index (κ1) is 16.6. The van der Waals surface area contributed by atoms with E-state index in [1.807, 2.05) is 36.4 Å². The van der Waals surface area contributed by atoms with Gasteiger partial charge in [-0.3, -0.25) is 4.79 Å². The van der Waals surface area contributed by atoms with Gasteiger partial charge in [0, 0.05) is 29.6 Å². The van der Waals surface area contributed by atoms with Gasteiger partial charge in [-0.15, -0.1) is 0 Å². The molecule has 0 fully saturated rings. The van der Waals surface area contributed by atoms with E-state index in [-0.39, 0.29) is 5.91 Å². The summed E-state index contributed by atoms with van der Waals surface area (Å²) in [6.45, 7) is 2.65. The normalized spacial score (nSPS) is 11.0. The summed E-state index contributed by atoms with van der Waals surface area (Å²) in [6.07, 6.45) is 2.98. The fourth-order valence-corrected chi connectivity index (χ4v) is 2.99. The van der Waals surface area contributed by atoms with Crippen LogP contribution in [0.3, 0.4) is 0 Å². The Bertz CT molecular complexity index is 869. The third-order valence-corrected chi connectivity index (χ3v) is 4.44. The van der Waals surface area contributed by atoms with Crippen molar-refractivity contribution in [2.75, 3.05) is 7.05 Å². The van der Waals surface area contributed by atoms with Gasteiger partial charge in [0.2, 0.25) is 5.91 Å². The van der Waals surface area contributed by atoms with Crippen LogP contribution in [0.15, 0.2) is 53.1 Å². The second-order valence-corrected chi connectivity index (χ2v) is 6.44. The summed E-state index contributed by atoms with van der Waals surface area (Å²) in [5.74, 6) is 0.0530. The molecule has 3 nitrogen and oxygen atoms in total. The van der Waals surface area contributed by atoms with E-state index < -0.39 is 0 Å². The van der Waals surface area contributed by atoms with E-state index in [0.29, 0.717) is 18.0 Å². The van der Waals surface area contributed by atoms with Gasteiger partial charge in [0.25, 0.3) is 0 Å². The van der Waals surface area contributed by atoms with Crippen molar-refractivity contribution in [3.63, 3.8) is 0 Å². The predicted octanol–water partition coefficient (Wildman–Crippen LogP) is 4.85. The lowest BCUT2D eigenvalue weighted by Crippen LogP contribution is -2.27. The molecule has 0 radical (unpaired) electrons. The first-order chi connectivity index (χ1) is 11.6. The molecule has 0 saturated heterocycles. The second-order valence-electron chi connectivity index (χ2n) is 6.00. The molecule has 124 valence electrons. The van der Waals surface area contributed by atoms with Crippen molar-refractivity contribution >= 4 is 28.5 Å². The summed E-state index contributed by atoms with van der Waals surface area (Å²) in [4.78, 5) is 14.2. The van der Waals surface area contributed by atoms with Gasteiger partial charge in [0.05, 0.1) is 12.7 Å². The number of furan rings is 1. The quantitative estimate of drug-likeness (QED) is 0.664. The second kappa shape index (κ2) is 7.10. The van der Waals surface area contributed by atoms with Crippen LogP contribution in [0.25, 0.3) is 11.0 Å². The lowest BCUT2D eigenvalue weighted by Gasteiger charge is -2.17. The molecule has 0 unspecified atom stereocenters. The van der Waals surface area contributed by atoms with E-state index in [2.05, 4.69) is 13.0 Å². The number of likely N-dealkylation sites (N-methyl/N-ethyl adjacent to an activating group) is 1. The molecule has 1 aromatic heterocycles. The number of carbonyl (C=O) groups excluding carboxylic acids is 1. The van der Waals surface area contributed by atoms with Crippen LogP contribution in [0.2, 0.25) is 5.02 Å². The van der Waals surface area contributed by atoms with Crippen LogP contribution >= 0.6 is 11.6 Å². The maximum atomic E-state index is 12.5. The van der Waals surface area contributed by atoms with Gasteiger partial charge in [-0.25, -0.2) is 0 Å². The van der Waals surface area contributed by atoms with Gasteiger partial charge in [0.15, 0.2) is 0 Å². The summed E-state index contributed by atoms with van der Waals surface area (Å²) >= 11 is 6.00. The van der Waals surface area contributed by atoms with Crippen LogP contribution in [0.4, 0.5) is 0 Å². The predicted molar refractivity (Wildman–Crippen MR) is 97.2 cm³/mol. The van der Waals surface area contributed by atoms with Crippen molar-refractivity contribution in [1.29, 1.82) is 0 Å². The van der Waals surface area contributed by atoms with Crippen molar-refractivity contribution in [3.05, 3.63) is 70.4 Å². The van der Waals surface area contributed by atoms with Gasteiger partial charge in [-0.05, 0) is 35.7 Å². The third-order valence-electron chi connectivity index (χ3n) is 4.20.